The summed E-state index contributed by atoms with van der Waals surface area (Å²) in [6.45, 7) is 0. The van der Waals surface area contributed by atoms with Gasteiger partial charge in [0.2, 0.25) is 5.60 Å². The second kappa shape index (κ2) is 9.08. The molecule has 1 aliphatic rings. The summed E-state index contributed by atoms with van der Waals surface area (Å²) in [7, 11) is 0. The fourth-order valence-corrected chi connectivity index (χ4v) is 4.01. The van der Waals surface area contributed by atoms with Crippen LogP contribution in [0.4, 0.5) is 36.8 Å². The lowest BCUT2D eigenvalue weighted by atomic mass is 9.92. The van der Waals surface area contributed by atoms with Gasteiger partial charge in [0.1, 0.15) is 0 Å². The van der Waals surface area contributed by atoms with Gasteiger partial charge in [0.25, 0.3) is 11.8 Å². The number of carboxylic acid groups (broad SMARTS) is 1. The minimum atomic E-state index is -5.21. The SMILES string of the molecule is O=C(O)Nc1cc(C(F)(F)F)c2nc1-c1nnc(o1)C(O)(C(F)(F)F)CCCCCc1ccccc1-2. The smallest absolute Gasteiger partial charge is 0.426 e. The minimum Gasteiger partial charge on any atom is -0.465 e. The Kier molecular flexibility index (Phi) is 6.41. The number of hydrogen-bond acceptors (Lipinski definition) is 6. The highest BCUT2D eigenvalue weighted by Crippen LogP contribution is 2.45. The van der Waals surface area contributed by atoms with E-state index in [0.717, 1.165) is 0 Å². The van der Waals surface area contributed by atoms with Crippen molar-refractivity contribution in [3.8, 4) is 22.8 Å². The van der Waals surface area contributed by atoms with Gasteiger partial charge in [-0.25, -0.2) is 9.78 Å². The van der Waals surface area contributed by atoms with Crippen LogP contribution >= 0.6 is 0 Å². The van der Waals surface area contributed by atoms with Gasteiger partial charge in [-0.3, -0.25) is 5.32 Å². The maximum Gasteiger partial charge on any atom is 0.426 e. The van der Waals surface area contributed by atoms with Gasteiger partial charge in [-0.2, -0.15) is 26.3 Å². The molecule has 3 heterocycles. The molecular formula is C22H18F6N4O4. The van der Waals surface area contributed by atoms with E-state index in [1.165, 1.54) is 12.1 Å². The predicted molar refractivity (Wildman–Crippen MR) is 112 cm³/mol. The highest BCUT2D eigenvalue weighted by molar-refractivity contribution is 5.89. The fraction of sp³-hybridized carbons (Fsp3) is 0.364. The van der Waals surface area contributed by atoms with E-state index in [0.29, 0.717) is 18.1 Å². The molecule has 0 aliphatic carbocycles. The van der Waals surface area contributed by atoms with Crippen molar-refractivity contribution in [2.75, 3.05) is 5.32 Å². The number of rotatable bonds is 1. The molecule has 2 aromatic heterocycles. The first kappa shape index (κ1) is 25.4. The van der Waals surface area contributed by atoms with Gasteiger partial charge >= 0.3 is 18.4 Å². The number of benzene rings is 1. The largest absolute Gasteiger partial charge is 0.465 e. The number of amides is 1. The first-order chi connectivity index (χ1) is 16.8. The van der Waals surface area contributed by atoms with E-state index < -0.39 is 64.9 Å². The second-order valence-electron chi connectivity index (χ2n) is 8.20. The fourth-order valence-electron chi connectivity index (χ4n) is 4.01. The van der Waals surface area contributed by atoms with Crippen molar-refractivity contribution in [3.63, 3.8) is 0 Å². The van der Waals surface area contributed by atoms with E-state index in [9.17, 15) is 36.2 Å². The van der Waals surface area contributed by atoms with Gasteiger partial charge < -0.3 is 14.6 Å². The lowest BCUT2D eigenvalue weighted by Gasteiger charge is -2.27. The molecule has 1 aromatic carbocycles. The Balaban J connectivity index is 2.04. The number of aryl methyl sites for hydroxylation is 1. The standard InChI is InChI=1S/C22H18F6N4O4/c23-21(24,25)13-10-14(29-19(33)34)16-17-31-32-18(36-17)20(35,22(26,27)28)9-5-1-2-6-11-7-3-4-8-12(11)15(13)30-16/h3-4,7-8,10,29,35H,1-2,5-6,9H2,(H,33,34). The zero-order valence-electron chi connectivity index (χ0n) is 18.2. The third kappa shape index (κ3) is 4.72. The molecule has 4 rings (SSSR count). The number of nitrogens with one attached hydrogen (secondary N) is 1. The summed E-state index contributed by atoms with van der Waals surface area (Å²) < 4.78 is 88.6. The van der Waals surface area contributed by atoms with Crippen LogP contribution in [0.5, 0.6) is 0 Å². The normalized spacial score (nSPS) is 18.8. The number of halogens is 6. The number of carbonyl (C=O) groups is 1. The van der Waals surface area contributed by atoms with Gasteiger partial charge in [-0.15, -0.1) is 10.2 Å². The molecular weight excluding hydrogens is 498 g/mol. The summed E-state index contributed by atoms with van der Waals surface area (Å²) in [4.78, 5) is 15.3. The molecule has 0 saturated carbocycles. The molecule has 4 bridgehead atoms. The van der Waals surface area contributed by atoms with E-state index in [1.54, 1.807) is 17.4 Å². The lowest BCUT2D eigenvalue weighted by molar-refractivity contribution is -0.277. The molecule has 192 valence electrons. The Morgan fingerprint density at radius 3 is 2.42 bits per heavy atom. The van der Waals surface area contributed by atoms with Crippen molar-refractivity contribution in [3.05, 3.63) is 47.3 Å². The number of anilines is 1. The summed E-state index contributed by atoms with van der Waals surface area (Å²) >= 11 is 0. The van der Waals surface area contributed by atoms with Crippen LogP contribution in [0.1, 0.15) is 42.7 Å². The molecule has 3 aromatic rings. The van der Waals surface area contributed by atoms with Crippen LogP contribution in [0.15, 0.2) is 34.7 Å². The lowest BCUT2D eigenvalue weighted by Crippen LogP contribution is -2.42. The van der Waals surface area contributed by atoms with E-state index in [1.807, 2.05) is 0 Å². The van der Waals surface area contributed by atoms with Crippen molar-refractivity contribution < 1.29 is 45.8 Å². The number of hydrogen-bond donors (Lipinski definition) is 3. The monoisotopic (exact) mass is 516 g/mol. The van der Waals surface area contributed by atoms with Gasteiger partial charge in [-0.05, 0) is 37.3 Å². The molecule has 1 amide bonds. The Morgan fingerprint density at radius 2 is 1.75 bits per heavy atom. The molecule has 1 atom stereocenters. The second-order valence-corrected chi connectivity index (χ2v) is 8.20. The summed E-state index contributed by atoms with van der Waals surface area (Å²) in [5.41, 5.74) is -6.20. The van der Waals surface area contributed by atoms with Gasteiger partial charge in [0.15, 0.2) is 5.69 Å². The maximum absolute atomic E-state index is 14.0. The molecule has 36 heavy (non-hydrogen) atoms. The number of aliphatic hydroxyl groups is 1. The summed E-state index contributed by atoms with van der Waals surface area (Å²) in [6, 6.07) is 6.55. The highest BCUT2D eigenvalue weighted by Gasteiger charge is 2.58. The Hall–Kier alpha value is -3.68. The zero-order valence-corrected chi connectivity index (χ0v) is 18.2. The van der Waals surface area contributed by atoms with Gasteiger partial charge in [0, 0.05) is 5.56 Å². The average molecular weight is 516 g/mol. The van der Waals surface area contributed by atoms with Crippen LogP contribution in [-0.2, 0) is 18.2 Å². The van der Waals surface area contributed by atoms with Crippen LogP contribution in [0.2, 0.25) is 0 Å². The van der Waals surface area contributed by atoms with Crippen molar-refractivity contribution >= 4 is 11.8 Å². The number of fused-ring (bicyclic) bond motifs is 7. The summed E-state index contributed by atoms with van der Waals surface area (Å²) in [5.74, 6) is -2.03. The quantitative estimate of drug-likeness (QED) is 0.351. The van der Waals surface area contributed by atoms with Crippen LogP contribution in [0, 0.1) is 0 Å². The molecule has 0 fully saturated rings. The van der Waals surface area contributed by atoms with Crippen molar-refractivity contribution in [1.82, 2.24) is 15.2 Å². The van der Waals surface area contributed by atoms with Crippen molar-refractivity contribution in [1.29, 1.82) is 0 Å². The Bertz CT molecular complexity index is 1290. The van der Waals surface area contributed by atoms with Crippen LogP contribution in [0.3, 0.4) is 0 Å². The first-order valence-electron chi connectivity index (χ1n) is 10.6. The molecule has 0 radical (unpaired) electrons. The van der Waals surface area contributed by atoms with Gasteiger partial charge in [-0.1, -0.05) is 30.7 Å². The molecule has 0 spiro atoms. The first-order valence-corrected chi connectivity index (χ1v) is 10.6. The number of alkyl halides is 6. The number of pyridine rings is 1. The summed E-state index contributed by atoms with van der Waals surface area (Å²) in [5, 5.41) is 28.1. The minimum absolute atomic E-state index is 0.0982. The maximum atomic E-state index is 14.0. The Labute approximate surface area is 199 Å². The average Bonchev–Trinajstić information content (AvgIpc) is 3.27. The molecule has 8 nitrogen and oxygen atoms in total. The third-order valence-electron chi connectivity index (χ3n) is 5.78. The predicted octanol–water partition coefficient (Wildman–Crippen LogP) is 5.77. The molecule has 3 N–H and O–H groups in total. The van der Waals surface area contributed by atoms with E-state index in [4.69, 9.17) is 9.52 Å². The highest BCUT2D eigenvalue weighted by atomic mass is 19.4. The van der Waals surface area contributed by atoms with Crippen LogP contribution in [0.25, 0.3) is 22.8 Å². The van der Waals surface area contributed by atoms with Gasteiger partial charge in [0.05, 0.1) is 16.9 Å². The Morgan fingerprint density at radius 1 is 1.03 bits per heavy atom. The van der Waals surface area contributed by atoms with Crippen molar-refractivity contribution in [2.24, 2.45) is 0 Å². The molecule has 14 heteroatoms. The van der Waals surface area contributed by atoms with E-state index in [-0.39, 0.29) is 24.8 Å². The topological polar surface area (TPSA) is 121 Å². The number of nitrogens with zero attached hydrogens (tertiary/aromatic N) is 3. The third-order valence-corrected chi connectivity index (χ3v) is 5.78. The molecule has 1 aliphatic heterocycles. The molecule has 0 saturated heterocycles. The van der Waals surface area contributed by atoms with Crippen molar-refractivity contribution in [2.45, 2.75) is 50.1 Å². The number of aromatic nitrogens is 3. The van der Waals surface area contributed by atoms with E-state index in [2.05, 4.69) is 15.2 Å². The zero-order chi connectivity index (χ0) is 26.3. The van der Waals surface area contributed by atoms with Crippen LogP contribution < -0.4 is 5.32 Å². The van der Waals surface area contributed by atoms with Crippen LogP contribution in [-0.4, -0.2) is 37.7 Å². The van der Waals surface area contributed by atoms with E-state index >= 15 is 0 Å². The molecule has 1 unspecified atom stereocenters. The summed E-state index contributed by atoms with van der Waals surface area (Å²) in [6.07, 6.45) is -12.1.